The smallest absolute Gasteiger partial charge is 0.332 e. The number of hydrogen-bond acceptors (Lipinski definition) is 4. The first-order valence-corrected chi connectivity index (χ1v) is 6.74. The standard InChI is InChI=1S/C12H18Cl2O4/c1-3-5-9(13)17-11(15)7-8-12(16)18-10(14)6-4-2/h7-10H,3-6H2,1-2H3/b8-7-. The Labute approximate surface area is 117 Å². The Kier molecular flexibility index (Phi) is 9.79. The van der Waals surface area contributed by atoms with Crippen LogP contribution in [0.15, 0.2) is 12.2 Å². The van der Waals surface area contributed by atoms with Crippen LogP contribution in [-0.2, 0) is 19.1 Å². The second-order valence-electron chi connectivity index (χ2n) is 3.60. The summed E-state index contributed by atoms with van der Waals surface area (Å²) in [4.78, 5) is 22.4. The lowest BCUT2D eigenvalue weighted by Gasteiger charge is -2.08. The highest BCUT2D eigenvalue weighted by molar-refractivity contribution is 6.20. The van der Waals surface area contributed by atoms with Crippen molar-refractivity contribution in [2.45, 2.75) is 50.7 Å². The molecule has 0 saturated heterocycles. The first-order valence-electron chi connectivity index (χ1n) is 5.87. The van der Waals surface area contributed by atoms with Crippen LogP contribution in [0.4, 0.5) is 0 Å². The number of hydrogen-bond donors (Lipinski definition) is 0. The molecule has 0 aromatic carbocycles. The maximum Gasteiger partial charge on any atom is 0.332 e. The molecule has 0 aromatic heterocycles. The molecule has 0 aliphatic heterocycles. The Bertz CT molecular complexity index is 264. The van der Waals surface area contributed by atoms with Crippen molar-refractivity contribution in [2.75, 3.05) is 0 Å². The van der Waals surface area contributed by atoms with Crippen molar-refractivity contribution in [3.8, 4) is 0 Å². The van der Waals surface area contributed by atoms with E-state index in [4.69, 9.17) is 32.7 Å². The van der Waals surface area contributed by atoms with Gasteiger partial charge in [-0.1, -0.05) is 49.9 Å². The minimum absolute atomic E-state index is 0.561. The van der Waals surface area contributed by atoms with Crippen LogP contribution in [0.3, 0.4) is 0 Å². The van der Waals surface area contributed by atoms with E-state index in [2.05, 4.69) is 0 Å². The molecule has 0 aliphatic rings. The maximum atomic E-state index is 11.2. The molecule has 0 radical (unpaired) electrons. The molecule has 0 saturated carbocycles. The van der Waals surface area contributed by atoms with Gasteiger partial charge >= 0.3 is 11.9 Å². The molecule has 2 atom stereocenters. The van der Waals surface area contributed by atoms with Gasteiger partial charge in [0.05, 0.1) is 0 Å². The van der Waals surface area contributed by atoms with Gasteiger partial charge in [0.2, 0.25) is 0 Å². The summed E-state index contributed by atoms with van der Waals surface area (Å²) < 4.78 is 9.59. The lowest BCUT2D eigenvalue weighted by molar-refractivity contribution is -0.142. The molecule has 2 unspecified atom stereocenters. The second kappa shape index (κ2) is 10.2. The molecule has 0 rings (SSSR count). The quantitative estimate of drug-likeness (QED) is 0.391. The summed E-state index contributed by atoms with van der Waals surface area (Å²) in [5, 5.41) is 0. The van der Waals surface area contributed by atoms with Crippen LogP contribution < -0.4 is 0 Å². The molecule has 4 nitrogen and oxygen atoms in total. The summed E-state index contributed by atoms with van der Waals surface area (Å²) >= 11 is 11.4. The molecular weight excluding hydrogens is 279 g/mol. The zero-order valence-electron chi connectivity index (χ0n) is 10.5. The minimum Gasteiger partial charge on any atom is -0.443 e. The Hall–Kier alpha value is -0.740. The molecule has 0 aliphatic carbocycles. The molecule has 0 heterocycles. The van der Waals surface area contributed by atoms with Crippen LogP contribution >= 0.6 is 23.2 Å². The average Bonchev–Trinajstić information content (AvgIpc) is 2.27. The lowest BCUT2D eigenvalue weighted by Crippen LogP contribution is -2.12. The third-order valence-electron chi connectivity index (χ3n) is 1.87. The molecule has 0 spiro atoms. The van der Waals surface area contributed by atoms with E-state index in [1.165, 1.54) is 0 Å². The zero-order chi connectivity index (χ0) is 14.0. The largest absolute Gasteiger partial charge is 0.443 e. The summed E-state index contributed by atoms with van der Waals surface area (Å²) in [7, 11) is 0. The molecule has 104 valence electrons. The van der Waals surface area contributed by atoms with Gasteiger partial charge in [-0.3, -0.25) is 0 Å². The van der Waals surface area contributed by atoms with Crippen molar-refractivity contribution in [1.29, 1.82) is 0 Å². The number of carbonyl (C=O) groups is 2. The van der Waals surface area contributed by atoms with Gasteiger partial charge in [-0.15, -0.1) is 0 Å². The van der Waals surface area contributed by atoms with E-state index in [-0.39, 0.29) is 0 Å². The van der Waals surface area contributed by atoms with Gasteiger partial charge in [-0.2, -0.15) is 0 Å². The van der Waals surface area contributed by atoms with E-state index >= 15 is 0 Å². The molecular formula is C12H18Cl2O4. The molecule has 18 heavy (non-hydrogen) atoms. The highest BCUT2D eigenvalue weighted by Gasteiger charge is 2.10. The Morgan fingerprint density at radius 3 is 1.56 bits per heavy atom. The van der Waals surface area contributed by atoms with Crippen LogP contribution in [0.5, 0.6) is 0 Å². The van der Waals surface area contributed by atoms with Gasteiger partial charge in [-0.05, 0) is 12.8 Å². The van der Waals surface area contributed by atoms with Gasteiger partial charge < -0.3 is 9.47 Å². The first-order chi connectivity index (χ1) is 8.49. The summed E-state index contributed by atoms with van der Waals surface area (Å²) in [6.07, 6.45) is 4.68. The van der Waals surface area contributed by atoms with Crippen LogP contribution in [0, 0.1) is 0 Å². The Morgan fingerprint density at radius 2 is 1.28 bits per heavy atom. The third-order valence-corrected chi connectivity index (χ3v) is 2.49. The van der Waals surface area contributed by atoms with E-state index in [0.717, 1.165) is 25.0 Å². The third kappa shape index (κ3) is 9.31. The van der Waals surface area contributed by atoms with Crippen molar-refractivity contribution in [1.82, 2.24) is 0 Å². The van der Waals surface area contributed by atoms with Crippen molar-refractivity contribution < 1.29 is 19.1 Å². The monoisotopic (exact) mass is 296 g/mol. The number of ether oxygens (including phenoxy) is 2. The number of halogens is 2. The molecule has 0 amide bonds. The topological polar surface area (TPSA) is 52.6 Å². The maximum absolute atomic E-state index is 11.2. The fourth-order valence-electron chi connectivity index (χ4n) is 1.04. The number of carbonyl (C=O) groups excluding carboxylic acids is 2. The van der Waals surface area contributed by atoms with Crippen molar-refractivity contribution in [3.63, 3.8) is 0 Å². The highest BCUT2D eigenvalue weighted by atomic mass is 35.5. The van der Waals surface area contributed by atoms with Crippen LogP contribution in [0.1, 0.15) is 39.5 Å². The Balaban J connectivity index is 3.98. The van der Waals surface area contributed by atoms with Crippen molar-refractivity contribution in [3.05, 3.63) is 12.2 Å². The van der Waals surface area contributed by atoms with Gasteiger partial charge in [0.25, 0.3) is 0 Å². The number of alkyl halides is 2. The Morgan fingerprint density at radius 1 is 0.944 bits per heavy atom. The zero-order valence-corrected chi connectivity index (χ0v) is 12.0. The summed E-state index contributed by atoms with van der Waals surface area (Å²) in [5.41, 5.74) is -1.35. The average molecular weight is 297 g/mol. The van der Waals surface area contributed by atoms with E-state index in [1.807, 2.05) is 13.8 Å². The fraction of sp³-hybridized carbons (Fsp3) is 0.667. The van der Waals surface area contributed by atoms with Crippen LogP contribution in [0.25, 0.3) is 0 Å². The van der Waals surface area contributed by atoms with E-state index in [1.54, 1.807) is 0 Å². The predicted octanol–water partition coefficient (Wildman–Crippen LogP) is 3.36. The number of esters is 2. The minimum atomic E-state index is -0.679. The molecule has 6 heteroatoms. The molecule has 0 fully saturated rings. The van der Waals surface area contributed by atoms with Crippen LogP contribution in [-0.4, -0.2) is 23.1 Å². The SMILES string of the molecule is CCCC(Cl)OC(=O)/C=C\C(=O)OC(Cl)CCC. The predicted molar refractivity (Wildman–Crippen MR) is 70.4 cm³/mol. The van der Waals surface area contributed by atoms with Crippen molar-refractivity contribution >= 4 is 35.1 Å². The van der Waals surface area contributed by atoms with E-state index in [0.29, 0.717) is 12.8 Å². The van der Waals surface area contributed by atoms with Gasteiger partial charge in [-0.25, -0.2) is 9.59 Å². The summed E-state index contributed by atoms with van der Waals surface area (Å²) in [5.74, 6) is -1.36. The molecule has 0 N–H and O–H groups in total. The van der Waals surface area contributed by atoms with Crippen LogP contribution in [0.2, 0.25) is 0 Å². The van der Waals surface area contributed by atoms with Gasteiger partial charge in [0.1, 0.15) is 0 Å². The van der Waals surface area contributed by atoms with Crippen molar-refractivity contribution in [2.24, 2.45) is 0 Å². The van der Waals surface area contributed by atoms with Gasteiger partial charge in [0, 0.05) is 12.2 Å². The second-order valence-corrected chi connectivity index (χ2v) is 4.58. The normalized spacial score (nSPS) is 14.2. The number of rotatable bonds is 8. The molecule has 0 aromatic rings. The molecule has 0 bridgehead atoms. The summed E-state index contributed by atoms with van der Waals surface area (Å²) in [6, 6.07) is 0. The van der Waals surface area contributed by atoms with E-state index < -0.39 is 23.1 Å². The van der Waals surface area contributed by atoms with Gasteiger partial charge in [0.15, 0.2) is 11.1 Å². The first kappa shape index (κ1) is 17.3. The lowest BCUT2D eigenvalue weighted by atomic mass is 10.3. The fourth-order valence-corrected chi connectivity index (χ4v) is 1.65. The van der Waals surface area contributed by atoms with E-state index in [9.17, 15) is 9.59 Å². The summed E-state index contributed by atoms with van der Waals surface area (Å²) in [6.45, 7) is 3.84. The highest BCUT2D eigenvalue weighted by Crippen LogP contribution is 2.08.